The lowest BCUT2D eigenvalue weighted by Crippen LogP contribution is -2.44. The van der Waals surface area contributed by atoms with Crippen molar-refractivity contribution < 1.29 is 15.0 Å². The van der Waals surface area contributed by atoms with E-state index in [1.165, 1.54) is 0 Å². The molecule has 0 radical (unpaired) electrons. The van der Waals surface area contributed by atoms with Gasteiger partial charge in [-0.15, -0.1) is 0 Å². The highest BCUT2D eigenvalue weighted by atomic mass is 32.2. The Morgan fingerprint density at radius 1 is 1.47 bits per heavy atom. The second-order valence-corrected chi connectivity index (χ2v) is 4.94. The van der Waals surface area contributed by atoms with Crippen LogP contribution in [0.5, 0.6) is 0 Å². The quantitative estimate of drug-likeness (QED) is 0.660. The van der Waals surface area contributed by atoms with Gasteiger partial charge in [0.15, 0.2) is 0 Å². The number of hydrogen-bond acceptors (Lipinski definition) is 4. The van der Waals surface area contributed by atoms with E-state index in [4.69, 9.17) is 10.2 Å². The van der Waals surface area contributed by atoms with Gasteiger partial charge in [-0.3, -0.25) is 9.69 Å². The summed E-state index contributed by atoms with van der Waals surface area (Å²) in [5.41, 5.74) is 0. The van der Waals surface area contributed by atoms with Crippen LogP contribution in [0.15, 0.2) is 0 Å². The molecule has 1 aliphatic rings. The second-order valence-electron chi connectivity index (χ2n) is 3.79. The molecule has 1 fully saturated rings. The Hall–Kier alpha value is -0.260. The fourth-order valence-electron chi connectivity index (χ4n) is 1.80. The number of rotatable bonds is 6. The molecule has 5 heteroatoms. The molecule has 0 spiro atoms. The molecule has 1 saturated heterocycles. The molecular formula is C10H19NO3S. The fraction of sp³-hybridized carbons (Fsp3) is 0.900. The highest BCUT2D eigenvalue weighted by molar-refractivity contribution is 7.99. The van der Waals surface area contributed by atoms with Gasteiger partial charge in [0.25, 0.3) is 0 Å². The zero-order valence-corrected chi connectivity index (χ0v) is 9.71. The van der Waals surface area contributed by atoms with E-state index in [1.54, 1.807) is 0 Å². The van der Waals surface area contributed by atoms with Crippen LogP contribution in [-0.4, -0.2) is 58.3 Å². The molecule has 0 aromatic rings. The number of aliphatic carboxylic acids is 1. The maximum atomic E-state index is 10.7. The summed E-state index contributed by atoms with van der Waals surface area (Å²) in [4.78, 5) is 12.9. The van der Waals surface area contributed by atoms with Gasteiger partial charge in [0.2, 0.25) is 0 Å². The molecule has 15 heavy (non-hydrogen) atoms. The summed E-state index contributed by atoms with van der Waals surface area (Å²) in [5, 5.41) is 17.5. The molecule has 0 aromatic heterocycles. The van der Waals surface area contributed by atoms with Gasteiger partial charge in [-0.25, -0.2) is 0 Å². The Kier molecular flexibility index (Phi) is 6.05. The molecule has 1 atom stereocenters. The molecule has 0 amide bonds. The smallest absolute Gasteiger partial charge is 0.304 e. The molecule has 0 aromatic carbocycles. The van der Waals surface area contributed by atoms with E-state index in [2.05, 4.69) is 4.90 Å². The van der Waals surface area contributed by atoms with Crippen molar-refractivity contribution in [3.63, 3.8) is 0 Å². The van der Waals surface area contributed by atoms with Crippen molar-refractivity contribution in [2.75, 3.05) is 31.2 Å². The highest BCUT2D eigenvalue weighted by Crippen LogP contribution is 2.19. The maximum absolute atomic E-state index is 10.7. The number of carboxylic acids is 1. The fourth-order valence-corrected chi connectivity index (χ4v) is 2.93. The Balaban J connectivity index is 2.32. The molecule has 4 nitrogen and oxygen atoms in total. The summed E-state index contributed by atoms with van der Waals surface area (Å²) in [6.45, 7) is 2.12. The predicted molar refractivity (Wildman–Crippen MR) is 61.3 cm³/mol. The van der Waals surface area contributed by atoms with Crippen molar-refractivity contribution in [2.24, 2.45) is 0 Å². The lowest BCUT2D eigenvalue weighted by molar-refractivity contribution is -0.138. The first-order chi connectivity index (χ1) is 7.24. The van der Waals surface area contributed by atoms with Crippen LogP contribution >= 0.6 is 11.8 Å². The number of carboxylic acid groups (broad SMARTS) is 1. The maximum Gasteiger partial charge on any atom is 0.304 e. The molecule has 1 aliphatic heterocycles. The van der Waals surface area contributed by atoms with Gasteiger partial charge in [0, 0.05) is 30.7 Å². The number of hydrogen-bond donors (Lipinski definition) is 2. The second kappa shape index (κ2) is 7.09. The standard InChI is InChI=1S/C10H19NO3S/c12-5-2-1-3-11-4-6-15-8-9(11)7-10(13)14/h9,12H,1-8H2,(H,13,14). The molecular weight excluding hydrogens is 214 g/mol. The summed E-state index contributed by atoms with van der Waals surface area (Å²) in [6, 6.07) is 0.181. The summed E-state index contributed by atoms with van der Waals surface area (Å²) in [6.07, 6.45) is 2.01. The highest BCUT2D eigenvalue weighted by Gasteiger charge is 2.24. The van der Waals surface area contributed by atoms with Crippen LogP contribution in [0.1, 0.15) is 19.3 Å². The summed E-state index contributed by atoms with van der Waals surface area (Å²) in [5.74, 6) is 1.30. The minimum Gasteiger partial charge on any atom is -0.481 e. The number of unbranched alkanes of at least 4 members (excludes halogenated alkanes) is 1. The van der Waals surface area contributed by atoms with Crippen molar-refractivity contribution in [1.29, 1.82) is 0 Å². The molecule has 2 N–H and O–H groups in total. The van der Waals surface area contributed by atoms with Gasteiger partial charge in [-0.05, 0) is 19.4 Å². The van der Waals surface area contributed by atoms with Crippen LogP contribution in [0.3, 0.4) is 0 Å². The zero-order chi connectivity index (χ0) is 11.1. The van der Waals surface area contributed by atoms with Crippen molar-refractivity contribution >= 4 is 17.7 Å². The van der Waals surface area contributed by atoms with E-state index in [9.17, 15) is 4.79 Å². The van der Waals surface area contributed by atoms with Crippen LogP contribution in [-0.2, 0) is 4.79 Å². The Morgan fingerprint density at radius 3 is 2.93 bits per heavy atom. The monoisotopic (exact) mass is 233 g/mol. The van der Waals surface area contributed by atoms with Gasteiger partial charge < -0.3 is 10.2 Å². The van der Waals surface area contributed by atoms with Crippen LogP contribution in [0.25, 0.3) is 0 Å². The lowest BCUT2D eigenvalue weighted by Gasteiger charge is -2.34. The number of aliphatic hydroxyl groups excluding tert-OH is 1. The number of aliphatic hydroxyl groups is 1. The van der Waals surface area contributed by atoms with Crippen LogP contribution < -0.4 is 0 Å². The van der Waals surface area contributed by atoms with Gasteiger partial charge in [-0.1, -0.05) is 0 Å². The van der Waals surface area contributed by atoms with Crippen molar-refractivity contribution in [2.45, 2.75) is 25.3 Å². The van der Waals surface area contributed by atoms with E-state index in [-0.39, 0.29) is 19.1 Å². The topological polar surface area (TPSA) is 60.8 Å². The normalized spacial score (nSPS) is 22.9. The Morgan fingerprint density at radius 2 is 2.27 bits per heavy atom. The molecule has 1 heterocycles. The molecule has 0 saturated carbocycles. The SMILES string of the molecule is O=C(O)CC1CSCCN1CCCCO. The molecule has 0 aliphatic carbocycles. The van der Waals surface area contributed by atoms with Crippen LogP contribution in [0.4, 0.5) is 0 Å². The first-order valence-corrected chi connectivity index (χ1v) is 6.54. The lowest BCUT2D eigenvalue weighted by atomic mass is 10.1. The number of nitrogens with zero attached hydrogens (tertiary/aromatic N) is 1. The molecule has 1 rings (SSSR count). The van der Waals surface area contributed by atoms with E-state index in [1.807, 2.05) is 11.8 Å². The van der Waals surface area contributed by atoms with Gasteiger partial charge >= 0.3 is 5.97 Å². The average molecular weight is 233 g/mol. The van der Waals surface area contributed by atoms with Crippen LogP contribution in [0, 0.1) is 0 Å². The average Bonchev–Trinajstić information content (AvgIpc) is 2.20. The van der Waals surface area contributed by atoms with E-state index in [0.29, 0.717) is 0 Å². The minimum absolute atomic E-state index is 0.181. The van der Waals surface area contributed by atoms with Crippen LogP contribution in [0.2, 0.25) is 0 Å². The van der Waals surface area contributed by atoms with Crippen molar-refractivity contribution in [1.82, 2.24) is 4.90 Å². The largest absolute Gasteiger partial charge is 0.481 e. The van der Waals surface area contributed by atoms with Gasteiger partial charge in [0.05, 0.1) is 6.42 Å². The summed E-state index contributed by atoms with van der Waals surface area (Å²) in [7, 11) is 0. The van der Waals surface area contributed by atoms with Crippen molar-refractivity contribution in [3.05, 3.63) is 0 Å². The van der Waals surface area contributed by atoms with Gasteiger partial charge in [-0.2, -0.15) is 11.8 Å². The number of thioether (sulfide) groups is 1. The van der Waals surface area contributed by atoms with E-state index in [0.717, 1.165) is 37.4 Å². The Bertz CT molecular complexity index is 201. The van der Waals surface area contributed by atoms with E-state index >= 15 is 0 Å². The molecule has 1 unspecified atom stereocenters. The third-order valence-electron chi connectivity index (χ3n) is 2.61. The first-order valence-electron chi connectivity index (χ1n) is 5.38. The zero-order valence-electron chi connectivity index (χ0n) is 8.89. The van der Waals surface area contributed by atoms with Crippen molar-refractivity contribution in [3.8, 4) is 0 Å². The molecule has 0 bridgehead atoms. The predicted octanol–water partition coefficient (Wildman–Crippen LogP) is 0.651. The van der Waals surface area contributed by atoms with E-state index < -0.39 is 5.97 Å². The first kappa shape index (κ1) is 12.8. The number of carbonyl (C=O) groups is 1. The van der Waals surface area contributed by atoms with Gasteiger partial charge in [0.1, 0.15) is 0 Å². The third-order valence-corrected chi connectivity index (χ3v) is 3.70. The summed E-state index contributed by atoms with van der Waals surface area (Å²) >= 11 is 1.83. The summed E-state index contributed by atoms with van der Waals surface area (Å²) < 4.78 is 0. The molecule has 88 valence electrons. The Labute approximate surface area is 94.7 Å². The minimum atomic E-state index is -0.713. The third kappa shape index (κ3) is 4.86.